The molecule has 1 unspecified atom stereocenters. The van der Waals surface area contributed by atoms with Gasteiger partial charge in [-0.25, -0.2) is 14.5 Å². The first-order valence-electron chi connectivity index (χ1n) is 5.41. The van der Waals surface area contributed by atoms with Crippen molar-refractivity contribution < 1.29 is 4.92 Å². The van der Waals surface area contributed by atoms with Gasteiger partial charge < -0.3 is 14.7 Å². The Morgan fingerprint density at radius 3 is 2.72 bits per heavy atom. The topological polar surface area (TPSA) is 78.8 Å². The Balaban J connectivity index is 2.46. The minimum absolute atomic E-state index is 0.0271. The Kier molecular flexibility index (Phi) is 3.37. The largest absolute Gasteiger partial charge is 0.358 e. The minimum Gasteiger partial charge on any atom is -0.358 e. The number of aryl methyl sites for hydroxylation is 1. The maximum atomic E-state index is 10.9. The molecular weight excluding hydrogens is 254 g/mol. The molecular formula is C10H13N5O2S. The Hall–Kier alpha value is -1.83. The molecule has 7 nitrogen and oxygen atoms in total. The van der Waals surface area contributed by atoms with E-state index in [-0.39, 0.29) is 5.82 Å². The van der Waals surface area contributed by atoms with E-state index in [1.807, 2.05) is 18.5 Å². The number of nitrogens with zero attached hydrogens (tertiary/aromatic N) is 5. The molecule has 0 aliphatic rings. The third kappa shape index (κ3) is 1.99. The second-order valence-corrected chi connectivity index (χ2v) is 4.29. The molecule has 0 bridgehead atoms. The van der Waals surface area contributed by atoms with Crippen LogP contribution in [-0.4, -0.2) is 24.0 Å². The number of nitro groups is 1. The summed E-state index contributed by atoms with van der Waals surface area (Å²) in [6.45, 7) is 2.30. The number of imidazole rings is 2. The molecule has 96 valence electrons. The summed E-state index contributed by atoms with van der Waals surface area (Å²) in [5, 5.41) is 10.5. The number of thiol groups is 1. The Labute approximate surface area is 109 Å². The van der Waals surface area contributed by atoms with Crippen molar-refractivity contribution >= 4 is 18.4 Å². The third-order valence-corrected chi connectivity index (χ3v) is 3.18. The lowest BCUT2D eigenvalue weighted by Crippen LogP contribution is -2.11. The first-order valence-corrected chi connectivity index (χ1v) is 5.93. The number of hydrogen-bond acceptors (Lipinski definition) is 5. The van der Waals surface area contributed by atoms with Gasteiger partial charge in [0.25, 0.3) is 0 Å². The molecule has 0 amide bonds. The van der Waals surface area contributed by atoms with Crippen LogP contribution >= 0.6 is 12.6 Å². The quantitative estimate of drug-likeness (QED) is 0.518. The van der Waals surface area contributed by atoms with Crippen molar-refractivity contribution in [3.8, 4) is 0 Å². The van der Waals surface area contributed by atoms with Crippen LogP contribution in [0.5, 0.6) is 0 Å². The third-order valence-electron chi connectivity index (χ3n) is 2.72. The molecule has 2 rings (SSSR count). The highest BCUT2D eigenvalue weighted by Crippen LogP contribution is 2.28. The summed E-state index contributed by atoms with van der Waals surface area (Å²) in [4.78, 5) is 18.7. The van der Waals surface area contributed by atoms with E-state index in [1.165, 1.54) is 10.8 Å². The fraction of sp³-hybridized carbons (Fsp3) is 0.400. The van der Waals surface area contributed by atoms with E-state index in [0.717, 1.165) is 0 Å². The van der Waals surface area contributed by atoms with Gasteiger partial charge in [0.05, 0.1) is 6.54 Å². The van der Waals surface area contributed by atoms with E-state index in [4.69, 9.17) is 0 Å². The highest BCUT2D eigenvalue weighted by molar-refractivity contribution is 7.80. The standard InChI is InChI=1S/C10H13N5O2S/c1-3-14-7(15(16)17)6-12-10(14)8(18)9-11-4-5-13(9)2/h4-6,8,18H,3H2,1-2H3. The van der Waals surface area contributed by atoms with E-state index in [9.17, 15) is 10.1 Å². The minimum atomic E-state index is -0.446. The van der Waals surface area contributed by atoms with E-state index in [1.54, 1.807) is 12.4 Å². The van der Waals surface area contributed by atoms with Crippen molar-refractivity contribution in [2.75, 3.05) is 0 Å². The summed E-state index contributed by atoms with van der Waals surface area (Å²) in [6, 6.07) is 0. The zero-order chi connectivity index (χ0) is 13.3. The van der Waals surface area contributed by atoms with E-state index < -0.39 is 10.2 Å². The van der Waals surface area contributed by atoms with Crippen molar-refractivity contribution in [2.45, 2.75) is 18.7 Å². The van der Waals surface area contributed by atoms with Crippen LogP contribution < -0.4 is 0 Å². The molecule has 18 heavy (non-hydrogen) atoms. The molecule has 0 aliphatic heterocycles. The zero-order valence-corrected chi connectivity index (χ0v) is 10.9. The Morgan fingerprint density at radius 2 is 2.22 bits per heavy atom. The molecule has 8 heteroatoms. The van der Waals surface area contributed by atoms with Crippen molar-refractivity contribution in [1.29, 1.82) is 0 Å². The smallest absolute Gasteiger partial charge is 0.342 e. The lowest BCUT2D eigenvalue weighted by molar-refractivity contribution is -0.392. The van der Waals surface area contributed by atoms with E-state index in [2.05, 4.69) is 22.6 Å². The van der Waals surface area contributed by atoms with Gasteiger partial charge >= 0.3 is 5.82 Å². The highest BCUT2D eigenvalue weighted by atomic mass is 32.1. The monoisotopic (exact) mass is 267 g/mol. The second kappa shape index (κ2) is 4.81. The van der Waals surface area contributed by atoms with E-state index in [0.29, 0.717) is 18.2 Å². The molecule has 0 aliphatic carbocycles. The van der Waals surface area contributed by atoms with Crippen LogP contribution in [0.2, 0.25) is 0 Å². The molecule has 0 saturated heterocycles. The van der Waals surface area contributed by atoms with Gasteiger partial charge in [0.15, 0.2) is 0 Å². The average molecular weight is 267 g/mol. The summed E-state index contributed by atoms with van der Waals surface area (Å²) in [7, 11) is 1.85. The van der Waals surface area contributed by atoms with Crippen molar-refractivity contribution in [3.63, 3.8) is 0 Å². The fourth-order valence-electron chi connectivity index (χ4n) is 1.82. The van der Waals surface area contributed by atoms with Crippen molar-refractivity contribution in [3.05, 3.63) is 40.4 Å². The van der Waals surface area contributed by atoms with Crippen LogP contribution in [0.3, 0.4) is 0 Å². The molecule has 0 aromatic carbocycles. The zero-order valence-electron chi connectivity index (χ0n) is 10.0. The Morgan fingerprint density at radius 1 is 1.50 bits per heavy atom. The summed E-state index contributed by atoms with van der Waals surface area (Å²) < 4.78 is 3.35. The summed E-state index contributed by atoms with van der Waals surface area (Å²) in [5.74, 6) is 1.20. The number of aromatic nitrogens is 4. The molecule has 2 aromatic heterocycles. The molecule has 2 aromatic rings. The molecule has 0 N–H and O–H groups in total. The number of hydrogen-bond donors (Lipinski definition) is 1. The summed E-state index contributed by atoms with van der Waals surface area (Å²) >= 11 is 4.46. The van der Waals surface area contributed by atoms with Gasteiger partial charge in [-0.05, 0) is 11.8 Å². The molecule has 0 radical (unpaired) electrons. The summed E-state index contributed by atoms with van der Waals surface area (Å²) in [6.07, 6.45) is 4.71. The number of rotatable bonds is 4. The first kappa shape index (κ1) is 12.6. The van der Waals surface area contributed by atoms with Crippen LogP contribution in [0.1, 0.15) is 23.8 Å². The van der Waals surface area contributed by atoms with Gasteiger partial charge in [-0.1, -0.05) is 0 Å². The predicted octanol–water partition coefficient (Wildman–Crippen LogP) is 1.56. The maximum Gasteiger partial charge on any atom is 0.342 e. The van der Waals surface area contributed by atoms with Crippen LogP contribution in [-0.2, 0) is 13.6 Å². The highest BCUT2D eigenvalue weighted by Gasteiger charge is 2.27. The second-order valence-electron chi connectivity index (χ2n) is 3.77. The van der Waals surface area contributed by atoms with E-state index >= 15 is 0 Å². The van der Waals surface area contributed by atoms with Crippen LogP contribution in [0, 0.1) is 10.1 Å². The van der Waals surface area contributed by atoms with Crippen LogP contribution in [0.25, 0.3) is 0 Å². The predicted molar refractivity (Wildman–Crippen MR) is 68.6 cm³/mol. The van der Waals surface area contributed by atoms with Crippen LogP contribution in [0.15, 0.2) is 18.6 Å². The van der Waals surface area contributed by atoms with Crippen molar-refractivity contribution in [2.24, 2.45) is 7.05 Å². The average Bonchev–Trinajstić information content (AvgIpc) is 2.93. The lowest BCUT2D eigenvalue weighted by atomic mass is 10.3. The van der Waals surface area contributed by atoms with Gasteiger partial charge in [-0.15, -0.1) is 0 Å². The first-order chi connectivity index (χ1) is 8.56. The fourth-order valence-corrected chi connectivity index (χ4v) is 2.28. The molecule has 1 atom stereocenters. The van der Waals surface area contributed by atoms with Crippen molar-refractivity contribution in [1.82, 2.24) is 19.1 Å². The normalized spacial score (nSPS) is 12.6. The van der Waals surface area contributed by atoms with Gasteiger partial charge in [-0.2, -0.15) is 12.6 Å². The molecule has 2 heterocycles. The lowest BCUT2D eigenvalue weighted by Gasteiger charge is -2.09. The van der Waals surface area contributed by atoms with Gasteiger partial charge in [0, 0.05) is 19.4 Å². The molecule has 0 fully saturated rings. The van der Waals surface area contributed by atoms with Gasteiger partial charge in [0.2, 0.25) is 5.82 Å². The summed E-state index contributed by atoms with van der Waals surface area (Å²) in [5.41, 5.74) is 0. The molecule has 0 saturated carbocycles. The molecule has 0 spiro atoms. The Bertz CT molecular complexity index is 577. The SMILES string of the molecule is CCn1c([N+](=O)[O-])cnc1C(S)c1nccn1C. The van der Waals surface area contributed by atoms with Gasteiger partial charge in [-0.3, -0.25) is 0 Å². The maximum absolute atomic E-state index is 10.9. The van der Waals surface area contributed by atoms with Gasteiger partial charge in [0.1, 0.15) is 17.3 Å². The van der Waals surface area contributed by atoms with Crippen LogP contribution in [0.4, 0.5) is 5.82 Å².